The molecule has 0 saturated carbocycles. The second-order valence-corrected chi connectivity index (χ2v) is 4.55. The number of alkyl halides is 3. The normalized spacial score (nSPS) is 11.7. The summed E-state index contributed by atoms with van der Waals surface area (Å²) in [5.74, 6) is -1.03. The molecule has 2 aromatic rings. The first kappa shape index (κ1) is 15.2. The van der Waals surface area contributed by atoms with Crippen LogP contribution in [0.3, 0.4) is 0 Å². The Balaban J connectivity index is 2.61. The van der Waals surface area contributed by atoms with Crippen LogP contribution in [-0.2, 0) is 12.6 Å². The summed E-state index contributed by atoms with van der Waals surface area (Å²) in [6.07, 6.45) is -3.36. The molecule has 2 N–H and O–H groups in total. The molecule has 3 nitrogen and oxygen atoms in total. The minimum absolute atomic E-state index is 0.0842. The molecular formula is C14H13F4N3. The van der Waals surface area contributed by atoms with Crippen LogP contribution in [0, 0.1) is 5.82 Å². The number of hydrogen-bond donors (Lipinski definition) is 1. The summed E-state index contributed by atoms with van der Waals surface area (Å²) in [7, 11) is 0. The summed E-state index contributed by atoms with van der Waals surface area (Å²) < 4.78 is 52.1. The Morgan fingerprint density at radius 3 is 2.48 bits per heavy atom. The highest BCUT2D eigenvalue weighted by molar-refractivity contribution is 5.62. The molecule has 112 valence electrons. The number of benzene rings is 1. The van der Waals surface area contributed by atoms with Crippen LogP contribution in [0.1, 0.15) is 24.6 Å². The van der Waals surface area contributed by atoms with Crippen molar-refractivity contribution in [2.75, 3.05) is 5.73 Å². The first-order chi connectivity index (χ1) is 9.81. The van der Waals surface area contributed by atoms with Gasteiger partial charge < -0.3 is 5.73 Å². The Hall–Kier alpha value is -2.18. The predicted molar refractivity (Wildman–Crippen MR) is 70.8 cm³/mol. The lowest BCUT2D eigenvalue weighted by molar-refractivity contribution is -0.137. The van der Waals surface area contributed by atoms with E-state index in [1.54, 1.807) is 0 Å². The van der Waals surface area contributed by atoms with Crippen LogP contribution in [0.2, 0.25) is 0 Å². The molecule has 0 saturated heterocycles. The summed E-state index contributed by atoms with van der Waals surface area (Å²) in [5, 5.41) is 0. The molecule has 1 aromatic heterocycles. The van der Waals surface area contributed by atoms with Crippen molar-refractivity contribution in [3.63, 3.8) is 0 Å². The van der Waals surface area contributed by atoms with Crippen LogP contribution in [0.25, 0.3) is 11.4 Å². The standard InChI is InChI=1S/C14H13F4N3/c1-2-3-9-7-12(19)21-13(20-9)10-5-4-8(15)6-11(10)14(16,17)18/h4-7H,2-3H2,1H3,(H2,19,20,21). The maximum atomic E-state index is 13.1. The molecule has 0 fully saturated rings. The number of anilines is 1. The molecule has 0 spiro atoms. The van der Waals surface area contributed by atoms with Crippen molar-refractivity contribution in [3.05, 3.63) is 41.3 Å². The lowest BCUT2D eigenvalue weighted by Gasteiger charge is -2.13. The summed E-state index contributed by atoms with van der Waals surface area (Å²) in [5.41, 5.74) is 4.76. The summed E-state index contributed by atoms with van der Waals surface area (Å²) in [4.78, 5) is 7.92. The van der Waals surface area contributed by atoms with Crippen LogP contribution >= 0.6 is 0 Å². The Morgan fingerprint density at radius 2 is 1.86 bits per heavy atom. The number of aromatic nitrogens is 2. The molecule has 1 heterocycles. The molecule has 0 aliphatic heterocycles. The van der Waals surface area contributed by atoms with E-state index in [-0.39, 0.29) is 17.2 Å². The third-order valence-corrected chi connectivity index (χ3v) is 2.83. The van der Waals surface area contributed by atoms with Gasteiger partial charge in [0.25, 0.3) is 0 Å². The molecular weight excluding hydrogens is 286 g/mol. The second-order valence-electron chi connectivity index (χ2n) is 4.55. The maximum Gasteiger partial charge on any atom is 0.417 e. The van der Waals surface area contributed by atoms with Crippen LogP contribution in [0.15, 0.2) is 24.3 Å². The highest BCUT2D eigenvalue weighted by Gasteiger charge is 2.35. The van der Waals surface area contributed by atoms with E-state index in [1.807, 2.05) is 6.92 Å². The van der Waals surface area contributed by atoms with E-state index in [4.69, 9.17) is 5.73 Å². The Kier molecular flexibility index (Phi) is 4.11. The fourth-order valence-corrected chi connectivity index (χ4v) is 1.97. The highest BCUT2D eigenvalue weighted by atomic mass is 19.4. The van der Waals surface area contributed by atoms with Gasteiger partial charge in [0.1, 0.15) is 11.6 Å². The van der Waals surface area contributed by atoms with Crippen LogP contribution in [0.4, 0.5) is 23.4 Å². The number of nitrogens with zero attached hydrogens (tertiary/aromatic N) is 2. The van der Waals surface area contributed by atoms with Gasteiger partial charge in [-0.05, 0) is 24.6 Å². The van der Waals surface area contributed by atoms with Gasteiger partial charge in [0.05, 0.1) is 5.56 Å². The van der Waals surface area contributed by atoms with Crippen molar-refractivity contribution in [3.8, 4) is 11.4 Å². The van der Waals surface area contributed by atoms with E-state index in [0.717, 1.165) is 18.6 Å². The third kappa shape index (κ3) is 3.48. The van der Waals surface area contributed by atoms with Crippen LogP contribution < -0.4 is 5.73 Å². The zero-order valence-electron chi connectivity index (χ0n) is 11.2. The second kappa shape index (κ2) is 5.67. The third-order valence-electron chi connectivity index (χ3n) is 2.83. The van der Waals surface area contributed by atoms with Gasteiger partial charge in [-0.3, -0.25) is 0 Å². The molecule has 0 radical (unpaired) electrons. The Bertz CT molecular complexity index is 653. The molecule has 0 aliphatic rings. The number of nitrogens with two attached hydrogens (primary N) is 1. The minimum atomic E-state index is -4.70. The van der Waals surface area contributed by atoms with Crippen LogP contribution in [-0.4, -0.2) is 9.97 Å². The maximum absolute atomic E-state index is 13.1. The number of hydrogen-bond acceptors (Lipinski definition) is 3. The van der Waals surface area contributed by atoms with Gasteiger partial charge in [-0.1, -0.05) is 13.3 Å². The van der Waals surface area contributed by atoms with Crippen molar-refractivity contribution in [2.45, 2.75) is 25.9 Å². The van der Waals surface area contributed by atoms with Gasteiger partial charge >= 0.3 is 6.18 Å². The summed E-state index contributed by atoms with van der Waals surface area (Å²) >= 11 is 0. The lowest BCUT2D eigenvalue weighted by atomic mass is 10.1. The number of halogens is 4. The number of aryl methyl sites for hydroxylation is 1. The van der Waals surface area contributed by atoms with Crippen LogP contribution in [0.5, 0.6) is 0 Å². The lowest BCUT2D eigenvalue weighted by Crippen LogP contribution is -2.10. The molecule has 1 aromatic carbocycles. The van der Waals surface area contributed by atoms with E-state index < -0.39 is 17.6 Å². The Morgan fingerprint density at radius 1 is 1.14 bits per heavy atom. The topological polar surface area (TPSA) is 51.8 Å². The zero-order valence-corrected chi connectivity index (χ0v) is 11.2. The Labute approximate surface area is 118 Å². The fourth-order valence-electron chi connectivity index (χ4n) is 1.97. The SMILES string of the molecule is CCCc1cc(N)nc(-c2ccc(F)cc2C(F)(F)F)n1. The molecule has 0 unspecified atom stereocenters. The molecule has 0 amide bonds. The van der Waals surface area contributed by atoms with Gasteiger partial charge in [-0.25, -0.2) is 14.4 Å². The van der Waals surface area contributed by atoms with Crippen molar-refractivity contribution >= 4 is 5.82 Å². The van der Waals surface area contributed by atoms with Gasteiger partial charge in [-0.2, -0.15) is 13.2 Å². The molecule has 7 heteroatoms. The van der Waals surface area contributed by atoms with E-state index in [2.05, 4.69) is 9.97 Å². The van der Waals surface area contributed by atoms with E-state index in [0.29, 0.717) is 18.2 Å². The summed E-state index contributed by atoms with van der Waals surface area (Å²) in [6, 6.07) is 3.91. The van der Waals surface area contributed by atoms with Crippen molar-refractivity contribution < 1.29 is 17.6 Å². The first-order valence-electron chi connectivity index (χ1n) is 6.32. The van der Waals surface area contributed by atoms with Gasteiger partial charge in [0, 0.05) is 17.3 Å². The minimum Gasteiger partial charge on any atom is -0.384 e. The smallest absolute Gasteiger partial charge is 0.384 e. The monoisotopic (exact) mass is 299 g/mol. The van der Waals surface area contributed by atoms with Gasteiger partial charge in [-0.15, -0.1) is 0 Å². The number of rotatable bonds is 3. The predicted octanol–water partition coefficient (Wildman–Crippen LogP) is 3.84. The summed E-state index contributed by atoms with van der Waals surface area (Å²) in [6.45, 7) is 1.91. The van der Waals surface area contributed by atoms with E-state index in [9.17, 15) is 17.6 Å². The first-order valence-corrected chi connectivity index (χ1v) is 6.32. The average Bonchev–Trinajstić information content (AvgIpc) is 2.37. The largest absolute Gasteiger partial charge is 0.417 e. The van der Waals surface area contributed by atoms with Gasteiger partial charge in [0.2, 0.25) is 0 Å². The van der Waals surface area contributed by atoms with Crippen molar-refractivity contribution in [1.82, 2.24) is 9.97 Å². The quantitative estimate of drug-likeness (QED) is 0.876. The van der Waals surface area contributed by atoms with Gasteiger partial charge in [0.15, 0.2) is 5.82 Å². The van der Waals surface area contributed by atoms with E-state index >= 15 is 0 Å². The molecule has 0 bridgehead atoms. The zero-order chi connectivity index (χ0) is 15.6. The highest BCUT2D eigenvalue weighted by Crippen LogP contribution is 2.36. The molecule has 21 heavy (non-hydrogen) atoms. The molecule has 2 rings (SSSR count). The average molecular weight is 299 g/mol. The molecule has 0 atom stereocenters. The van der Waals surface area contributed by atoms with Crippen molar-refractivity contribution in [1.29, 1.82) is 0 Å². The van der Waals surface area contributed by atoms with E-state index in [1.165, 1.54) is 6.07 Å². The fraction of sp³-hybridized carbons (Fsp3) is 0.286. The molecule has 0 aliphatic carbocycles. The number of nitrogen functional groups attached to an aromatic ring is 1. The van der Waals surface area contributed by atoms with Crippen molar-refractivity contribution in [2.24, 2.45) is 0 Å².